The van der Waals surface area contributed by atoms with E-state index in [1.165, 1.54) is 11.8 Å². The van der Waals surface area contributed by atoms with Crippen molar-refractivity contribution in [3.8, 4) is 11.4 Å². The van der Waals surface area contributed by atoms with Crippen LogP contribution in [-0.2, 0) is 6.54 Å². The second-order valence-electron chi connectivity index (χ2n) is 6.56. The molecule has 0 aliphatic heterocycles. The van der Waals surface area contributed by atoms with E-state index in [2.05, 4.69) is 27.1 Å². The summed E-state index contributed by atoms with van der Waals surface area (Å²) >= 11 is 1.38. The van der Waals surface area contributed by atoms with Crippen LogP contribution in [0.3, 0.4) is 0 Å². The van der Waals surface area contributed by atoms with Crippen molar-refractivity contribution in [2.75, 3.05) is 0 Å². The highest BCUT2D eigenvalue weighted by atomic mass is 32.2. The standard InChI is InChI=1S/C20H20F2N6S/c1-3-12-27-18(14-8-10-23-11-9-14)25-26-20(27)29-13(2)17-24-15-6-4-5-7-16(15)28(17)19(21)22/h4-11,13,19H,3,12H2,1-2H3. The molecule has 1 unspecified atom stereocenters. The Morgan fingerprint density at radius 1 is 1.07 bits per heavy atom. The first-order chi connectivity index (χ1) is 14.1. The van der Waals surface area contributed by atoms with Crippen LogP contribution < -0.4 is 0 Å². The molecule has 0 aliphatic carbocycles. The first kappa shape index (κ1) is 19.5. The molecular formula is C20H20F2N6S. The minimum Gasteiger partial charge on any atom is -0.302 e. The number of fused-ring (bicyclic) bond motifs is 1. The first-order valence-electron chi connectivity index (χ1n) is 9.35. The van der Waals surface area contributed by atoms with E-state index < -0.39 is 6.55 Å². The van der Waals surface area contributed by atoms with Crippen molar-refractivity contribution < 1.29 is 8.78 Å². The van der Waals surface area contributed by atoms with E-state index in [1.54, 1.807) is 36.7 Å². The zero-order valence-electron chi connectivity index (χ0n) is 16.0. The molecule has 3 aromatic heterocycles. The van der Waals surface area contributed by atoms with E-state index in [9.17, 15) is 8.78 Å². The lowest BCUT2D eigenvalue weighted by atomic mass is 10.2. The van der Waals surface area contributed by atoms with Gasteiger partial charge < -0.3 is 4.57 Å². The molecule has 0 N–H and O–H groups in total. The highest BCUT2D eigenvalue weighted by Gasteiger charge is 2.25. The Morgan fingerprint density at radius 2 is 1.83 bits per heavy atom. The van der Waals surface area contributed by atoms with Gasteiger partial charge in [0, 0.05) is 24.5 Å². The number of benzene rings is 1. The van der Waals surface area contributed by atoms with Gasteiger partial charge in [0.15, 0.2) is 11.0 Å². The van der Waals surface area contributed by atoms with Gasteiger partial charge in [0.1, 0.15) is 5.82 Å². The highest BCUT2D eigenvalue weighted by Crippen LogP contribution is 2.38. The summed E-state index contributed by atoms with van der Waals surface area (Å²) in [7, 11) is 0. The predicted octanol–water partition coefficient (Wildman–Crippen LogP) is 5.35. The van der Waals surface area contributed by atoms with E-state index in [4.69, 9.17) is 0 Å². The van der Waals surface area contributed by atoms with Gasteiger partial charge in [-0.3, -0.25) is 9.55 Å². The molecule has 1 aromatic carbocycles. The fraction of sp³-hybridized carbons (Fsp3) is 0.300. The Morgan fingerprint density at radius 3 is 2.55 bits per heavy atom. The third-order valence-corrected chi connectivity index (χ3v) is 5.64. The molecule has 0 bridgehead atoms. The van der Waals surface area contributed by atoms with Crippen molar-refractivity contribution in [1.82, 2.24) is 29.3 Å². The summed E-state index contributed by atoms with van der Waals surface area (Å²) in [6.45, 7) is 2.00. The Hall–Kier alpha value is -2.81. The molecule has 0 spiro atoms. The zero-order chi connectivity index (χ0) is 20.4. The summed E-state index contributed by atoms with van der Waals surface area (Å²) in [6, 6.07) is 10.7. The smallest absolute Gasteiger partial charge is 0.302 e. The summed E-state index contributed by atoms with van der Waals surface area (Å²) in [5.41, 5.74) is 1.90. The Bertz CT molecular complexity index is 1110. The Kier molecular flexibility index (Phi) is 5.57. The zero-order valence-corrected chi connectivity index (χ0v) is 16.9. The number of aromatic nitrogens is 6. The molecule has 4 rings (SSSR count). The molecule has 6 nitrogen and oxygen atoms in total. The van der Waals surface area contributed by atoms with Crippen LogP contribution in [-0.4, -0.2) is 29.3 Å². The summed E-state index contributed by atoms with van der Waals surface area (Å²) in [5.74, 6) is 1.06. The van der Waals surface area contributed by atoms with Gasteiger partial charge in [0.05, 0.1) is 16.3 Å². The number of nitrogens with zero attached hydrogens (tertiary/aromatic N) is 6. The predicted molar refractivity (Wildman–Crippen MR) is 109 cm³/mol. The molecule has 150 valence electrons. The van der Waals surface area contributed by atoms with Gasteiger partial charge in [-0.1, -0.05) is 30.8 Å². The molecule has 3 heterocycles. The van der Waals surface area contributed by atoms with E-state index >= 15 is 0 Å². The summed E-state index contributed by atoms with van der Waals surface area (Å²) in [6.07, 6.45) is 4.31. The lowest BCUT2D eigenvalue weighted by Gasteiger charge is -2.14. The van der Waals surface area contributed by atoms with Crippen LogP contribution in [0.15, 0.2) is 53.9 Å². The van der Waals surface area contributed by atoms with Gasteiger partial charge in [0.2, 0.25) is 0 Å². The SMILES string of the molecule is CCCn1c(SC(C)c2nc3ccccc3n2C(F)F)nnc1-c1ccncc1. The molecule has 0 fully saturated rings. The normalized spacial score (nSPS) is 12.7. The van der Waals surface area contributed by atoms with E-state index in [0.29, 0.717) is 22.0 Å². The molecular weight excluding hydrogens is 394 g/mol. The Balaban J connectivity index is 1.71. The van der Waals surface area contributed by atoms with Crippen molar-refractivity contribution in [3.63, 3.8) is 0 Å². The van der Waals surface area contributed by atoms with E-state index in [0.717, 1.165) is 28.9 Å². The third kappa shape index (κ3) is 3.74. The molecule has 0 amide bonds. The Labute approximate surface area is 171 Å². The largest absolute Gasteiger partial charge is 0.320 e. The number of thioether (sulfide) groups is 1. The van der Waals surface area contributed by atoms with Gasteiger partial charge in [0.25, 0.3) is 0 Å². The summed E-state index contributed by atoms with van der Waals surface area (Å²) in [4.78, 5) is 8.51. The molecule has 0 radical (unpaired) electrons. The van der Waals surface area contributed by atoms with Crippen molar-refractivity contribution in [2.45, 2.75) is 43.8 Å². The van der Waals surface area contributed by atoms with Gasteiger partial charge in [-0.05, 0) is 37.6 Å². The molecule has 4 aromatic rings. The average Bonchev–Trinajstić information content (AvgIpc) is 3.31. The average molecular weight is 414 g/mol. The minimum atomic E-state index is -2.67. The molecule has 1 atom stereocenters. The second-order valence-corrected chi connectivity index (χ2v) is 7.87. The maximum Gasteiger partial charge on any atom is 0.320 e. The summed E-state index contributed by atoms with van der Waals surface area (Å²) in [5, 5.41) is 9.02. The van der Waals surface area contributed by atoms with Crippen LogP contribution in [0.5, 0.6) is 0 Å². The van der Waals surface area contributed by atoms with E-state index in [1.807, 2.05) is 23.6 Å². The van der Waals surface area contributed by atoms with Crippen LogP contribution in [0.25, 0.3) is 22.4 Å². The highest BCUT2D eigenvalue weighted by molar-refractivity contribution is 7.99. The first-order valence-corrected chi connectivity index (χ1v) is 10.2. The number of hydrogen-bond acceptors (Lipinski definition) is 5. The van der Waals surface area contributed by atoms with Crippen LogP contribution in [0.4, 0.5) is 8.78 Å². The number of pyridine rings is 1. The number of rotatable bonds is 7. The minimum absolute atomic E-state index is 0.322. The molecule has 0 aliphatic rings. The van der Waals surface area contributed by atoms with Gasteiger partial charge >= 0.3 is 6.55 Å². The fourth-order valence-electron chi connectivity index (χ4n) is 3.28. The quantitative estimate of drug-likeness (QED) is 0.382. The van der Waals surface area contributed by atoms with Gasteiger partial charge in [-0.15, -0.1) is 10.2 Å². The topological polar surface area (TPSA) is 61.4 Å². The number of alkyl halides is 2. The van der Waals surface area contributed by atoms with Crippen LogP contribution in [0, 0.1) is 0 Å². The van der Waals surface area contributed by atoms with Crippen LogP contribution >= 0.6 is 11.8 Å². The van der Waals surface area contributed by atoms with Crippen molar-refractivity contribution in [1.29, 1.82) is 0 Å². The van der Waals surface area contributed by atoms with Crippen molar-refractivity contribution in [2.24, 2.45) is 0 Å². The molecule has 0 saturated heterocycles. The number of halogens is 2. The number of para-hydroxylation sites is 2. The number of imidazole rings is 1. The molecule has 29 heavy (non-hydrogen) atoms. The summed E-state index contributed by atoms with van der Waals surface area (Å²) < 4.78 is 30.6. The molecule has 9 heteroatoms. The van der Waals surface area contributed by atoms with Crippen molar-refractivity contribution in [3.05, 3.63) is 54.6 Å². The van der Waals surface area contributed by atoms with Crippen LogP contribution in [0.2, 0.25) is 0 Å². The third-order valence-electron chi connectivity index (χ3n) is 4.57. The monoisotopic (exact) mass is 414 g/mol. The van der Waals surface area contributed by atoms with Gasteiger partial charge in [-0.25, -0.2) is 4.98 Å². The van der Waals surface area contributed by atoms with E-state index in [-0.39, 0.29) is 5.25 Å². The fourth-order valence-corrected chi connectivity index (χ4v) is 4.26. The lowest BCUT2D eigenvalue weighted by molar-refractivity contribution is 0.0715. The lowest BCUT2D eigenvalue weighted by Crippen LogP contribution is -2.08. The molecule has 0 saturated carbocycles. The maximum atomic E-state index is 13.8. The maximum absolute atomic E-state index is 13.8. The van der Waals surface area contributed by atoms with Gasteiger partial charge in [-0.2, -0.15) is 8.78 Å². The van der Waals surface area contributed by atoms with Crippen LogP contribution in [0.1, 0.15) is 37.9 Å². The number of hydrogen-bond donors (Lipinski definition) is 0. The van der Waals surface area contributed by atoms with Crippen molar-refractivity contribution >= 4 is 22.8 Å². The second kappa shape index (κ2) is 8.28.